The third kappa shape index (κ3) is 4.36. The molecule has 1 unspecified atom stereocenters. The lowest BCUT2D eigenvalue weighted by Crippen LogP contribution is -2.65. The molecule has 1 saturated carbocycles. The summed E-state index contributed by atoms with van der Waals surface area (Å²) < 4.78 is 0. The van der Waals surface area contributed by atoms with Crippen LogP contribution in [0.1, 0.15) is 28.7 Å². The fourth-order valence-electron chi connectivity index (χ4n) is 6.82. The summed E-state index contributed by atoms with van der Waals surface area (Å²) in [5, 5.41) is 49.1. The number of fused-ring (bicyclic) bond motifs is 3. The number of hydrogen-bond donors (Lipinski definition) is 6. The number of carbonyl (C=O) groups is 3. The number of carbonyl (C=O) groups excluding carboxylic acids is 3. The van der Waals surface area contributed by atoms with Crippen LogP contribution in [0.5, 0.6) is 5.75 Å². The van der Waals surface area contributed by atoms with Gasteiger partial charge in [0.1, 0.15) is 22.8 Å². The van der Waals surface area contributed by atoms with E-state index >= 15 is 0 Å². The standard InChI is InChI=1S/C31H36N4O7/c1-34(2)20-12-17(14-33-13-15-8-6-5-7-9-15)25(36)22-18(20)10-16-11-19-24(35(3)4)27(38)23(30(32)41)29(40)31(19,42)28(39)21(16)26(22)37/h5-9,12,16,19,24,33,36-37,40,42H,10-11,13-14H2,1-4H3,(H2,32,41)/t16-,19-,24?,31-/m1/s1. The van der Waals surface area contributed by atoms with Gasteiger partial charge in [-0.05, 0) is 50.0 Å². The van der Waals surface area contributed by atoms with Crippen molar-refractivity contribution in [3.05, 3.63) is 75.6 Å². The molecular formula is C31H36N4O7. The van der Waals surface area contributed by atoms with E-state index < -0.39 is 58.0 Å². The van der Waals surface area contributed by atoms with Crippen molar-refractivity contribution in [1.82, 2.24) is 10.2 Å². The Kier molecular flexibility index (Phi) is 7.38. The summed E-state index contributed by atoms with van der Waals surface area (Å²) in [5.74, 6) is -6.63. The summed E-state index contributed by atoms with van der Waals surface area (Å²) in [5.41, 5.74) is 4.71. The second-order valence-corrected chi connectivity index (χ2v) is 11.7. The minimum atomic E-state index is -2.67. The molecule has 0 heterocycles. The maximum absolute atomic E-state index is 14.1. The minimum absolute atomic E-state index is 0.0414. The van der Waals surface area contributed by atoms with E-state index in [1.807, 2.05) is 55.4 Å². The van der Waals surface area contributed by atoms with Crippen molar-refractivity contribution in [2.45, 2.75) is 37.6 Å². The molecule has 0 radical (unpaired) electrons. The molecule has 0 aromatic heterocycles. The number of hydrogen-bond acceptors (Lipinski definition) is 10. The van der Waals surface area contributed by atoms with E-state index in [1.54, 1.807) is 14.1 Å². The Labute approximate surface area is 243 Å². The quantitative estimate of drug-likeness (QED) is 0.264. The minimum Gasteiger partial charge on any atom is -0.508 e. The summed E-state index contributed by atoms with van der Waals surface area (Å²) in [6, 6.07) is 10.4. The number of aromatic hydroxyl groups is 1. The van der Waals surface area contributed by atoms with Crippen LogP contribution < -0.4 is 16.0 Å². The molecule has 42 heavy (non-hydrogen) atoms. The first-order chi connectivity index (χ1) is 19.8. The number of amides is 1. The van der Waals surface area contributed by atoms with Crippen LogP contribution in [0.3, 0.4) is 0 Å². The number of benzene rings is 2. The number of nitrogens with two attached hydrogens (primary N) is 1. The van der Waals surface area contributed by atoms with Gasteiger partial charge in [-0.3, -0.25) is 19.3 Å². The van der Waals surface area contributed by atoms with Crippen molar-refractivity contribution in [1.29, 1.82) is 0 Å². The number of aliphatic hydroxyl groups is 3. The molecule has 1 amide bonds. The Morgan fingerprint density at radius 1 is 1.07 bits per heavy atom. The van der Waals surface area contributed by atoms with Gasteiger partial charge in [-0.1, -0.05) is 30.3 Å². The molecule has 222 valence electrons. The van der Waals surface area contributed by atoms with E-state index in [9.17, 15) is 34.8 Å². The molecule has 2 aromatic carbocycles. The maximum atomic E-state index is 14.1. The monoisotopic (exact) mass is 576 g/mol. The number of phenols is 1. The van der Waals surface area contributed by atoms with Gasteiger partial charge in [-0.2, -0.15) is 0 Å². The van der Waals surface area contributed by atoms with E-state index in [4.69, 9.17) is 5.73 Å². The van der Waals surface area contributed by atoms with Gasteiger partial charge < -0.3 is 36.4 Å². The molecule has 0 saturated heterocycles. The Morgan fingerprint density at radius 2 is 1.74 bits per heavy atom. The van der Waals surface area contributed by atoms with Crippen molar-refractivity contribution in [2.75, 3.05) is 33.1 Å². The number of ketones is 2. The van der Waals surface area contributed by atoms with Gasteiger partial charge in [-0.15, -0.1) is 0 Å². The molecule has 0 bridgehead atoms. The van der Waals surface area contributed by atoms with Gasteiger partial charge in [-0.25, -0.2) is 0 Å². The van der Waals surface area contributed by atoms with Gasteiger partial charge in [0.05, 0.1) is 11.6 Å². The van der Waals surface area contributed by atoms with Crippen molar-refractivity contribution < 1.29 is 34.8 Å². The number of nitrogens with zero attached hydrogens (tertiary/aromatic N) is 2. The second kappa shape index (κ2) is 10.6. The zero-order valence-electron chi connectivity index (χ0n) is 24.0. The number of primary amides is 1. The highest BCUT2D eigenvalue weighted by atomic mass is 16.3. The summed E-state index contributed by atoms with van der Waals surface area (Å²) in [4.78, 5) is 42.9. The van der Waals surface area contributed by atoms with Crippen LogP contribution in [0, 0.1) is 11.8 Å². The zero-order valence-corrected chi connectivity index (χ0v) is 24.0. The topological polar surface area (TPSA) is 177 Å². The number of Topliss-reactive ketones (excluding diaryl/α,β-unsaturated/α-hetero) is 2. The van der Waals surface area contributed by atoms with Gasteiger partial charge in [0.25, 0.3) is 5.91 Å². The van der Waals surface area contributed by atoms with Gasteiger partial charge in [0.2, 0.25) is 5.78 Å². The summed E-state index contributed by atoms with van der Waals surface area (Å²) in [7, 11) is 6.82. The molecule has 2 aromatic rings. The van der Waals surface area contributed by atoms with Crippen molar-refractivity contribution in [3.8, 4) is 5.75 Å². The molecule has 4 atom stereocenters. The molecule has 0 spiro atoms. The van der Waals surface area contributed by atoms with Crippen molar-refractivity contribution in [2.24, 2.45) is 17.6 Å². The van der Waals surface area contributed by atoms with E-state index in [-0.39, 0.29) is 36.3 Å². The highest BCUT2D eigenvalue weighted by Crippen LogP contribution is 2.54. The van der Waals surface area contributed by atoms with Crippen LogP contribution >= 0.6 is 0 Å². The number of rotatable bonds is 7. The average Bonchev–Trinajstić information content (AvgIpc) is 2.92. The van der Waals surface area contributed by atoms with Gasteiger partial charge in [0, 0.05) is 49.9 Å². The summed E-state index contributed by atoms with van der Waals surface area (Å²) in [6.07, 6.45) is 0.271. The predicted octanol–water partition coefficient (Wildman–Crippen LogP) is 1.32. The Morgan fingerprint density at radius 3 is 2.33 bits per heavy atom. The van der Waals surface area contributed by atoms with Crippen LogP contribution in [0.4, 0.5) is 5.69 Å². The lowest BCUT2D eigenvalue weighted by atomic mass is 9.57. The highest BCUT2D eigenvalue weighted by molar-refractivity contribution is 6.24. The Hall–Kier alpha value is -4.19. The van der Waals surface area contributed by atoms with Crippen LogP contribution in [-0.2, 0) is 33.9 Å². The summed E-state index contributed by atoms with van der Waals surface area (Å²) >= 11 is 0. The molecule has 3 aliphatic carbocycles. The lowest BCUT2D eigenvalue weighted by Gasteiger charge is -2.50. The number of aliphatic hydroxyl groups excluding tert-OH is 2. The van der Waals surface area contributed by atoms with E-state index in [0.717, 1.165) is 11.3 Å². The molecule has 5 rings (SSSR count). The molecule has 0 aliphatic heterocycles. The molecule has 3 aliphatic rings. The van der Waals surface area contributed by atoms with Crippen molar-refractivity contribution in [3.63, 3.8) is 0 Å². The van der Waals surface area contributed by atoms with Crippen LogP contribution in [0.15, 0.2) is 53.3 Å². The SMILES string of the molecule is CN(C)c1cc(CNCc2ccccc2)c(O)c2c1C[C@@H]1C[C@@H]3C(N(C)C)C(=O)C(C(N)=O)=C(O)[C@]3(O)C(=O)C1=C2O. The third-order valence-electron chi connectivity index (χ3n) is 8.75. The van der Waals surface area contributed by atoms with E-state index in [1.165, 1.54) is 4.90 Å². The number of anilines is 1. The van der Waals surface area contributed by atoms with Gasteiger partial charge >= 0.3 is 0 Å². The Bertz CT molecular complexity index is 1550. The fourth-order valence-corrected chi connectivity index (χ4v) is 6.82. The first-order valence-electron chi connectivity index (χ1n) is 13.7. The van der Waals surface area contributed by atoms with E-state index in [0.29, 0.717) is 17.7 Å². The maximum Gasteiger partial charge on any atom is 0.255 e. The molecule has 1 fully saturated rings. The largest absolute Gasteiger partial charge is 0.508 e. The average molecular weight is 577 g/mol. The number of phenolic OH excluding ortho intramolecular Hbond substituents is 1. The first kappa shape index (κ1) is 29.3. The van der Waals surface area contributed by atoms with Crippen LogP contribution in [0.25, 0.3) is 5.76 Å². The second-order valence-electron chi connectivity index (χ2n) is 11.7. The third-order valence-corrected chi connectivity index (χ3v) is 8.75. The van der Waals surface area contributed by atoms with Gasteiger partial charge in [0.15, 0.2) is 11.4 Å². The van der Waals surface area contributed by atoms with Crippen LogP contribution in [-0.4, -0.2) is 82.6 Å². The number of likely N-dealkylation sites (N-methyl/N-ethyl adjacent to an activating group) is 1. The first-order valence-corrected chi connectivity index (χ1v) is 13.7. The predicted molar refractivity (Wildman–Crippen MR) is 156 cm³/mol. The fraction of sp³-hybridized carbons (Fsp3) is 0.387. The van der Waals surface area contributed by atoms with Crippen LogP contribution in [0.2, 0.25) is 0 Å². The smallest absolute Gasteiger partial charge is 0.255 e. The van der Waals surface area contributed by atoms with Crippen molar-refractivity contribution >= 4 is 28.9 Å². The molecule has 7 N–H and O–H groups in total. The molecule has 11 nitrogen and oxygen atoms in total. The Balaban J connectivity index is 1.63. The van der Waals surface area contributed by atoms with E-state index in [2.05, 4.69) is 5.32 Å². The molecular weight excluding hydrogens is 540 g/mol. The molecule has 11 heteroatoms. The summed E-state index contributed by atoms with van der Waals surface area (Å²) in [6.45, 7) is 0.801. The number of nitrogens with one attached hydrogen (secondary N) is 1. The highest BCUT2D eigenvalue weighted by Gasteiger charge is 2.64. The normalized spacial score (nSPS) is 25.3. The lowest BCUT2D eigenvalue weighted by molar-refractivity contribution is -0.153. The zero-order chi connectivity index (χ0) is 30.7.